The van der Waals surface area contributed by atoms with Gasteiger partial charge in [0.15, 0.2) is 0 Å². The van der Waals surface area contributed by atoms with Gasteiger partial charge in [-0.1, -0.05) is 0 Å². The Morgan fingerprint density at radius 1 is 1.42 bits per heavy atom. The van der Waals surface area contributed by atoms with Crippen LogP contribution in [0.1, 0.15) is 22.3 Å². The van der Waals surface area contributed by atoms with Crippen molar-refractivity contribution in [2.24, 2.45) is 0 Å². The van der Waals surface area contributed by atoms with Gasteiger partial charge in [0.25, 0.3) is 0 Å². The maximum Gasteiger partial charge on any atom is 0.150 e. The van der Waals surface area contributed by atoms with Crippen molar-refractivity contribution in [1.82, 2.24) is 0 Å². The first kappa shape index (κ1) is 13.6. The normalized spacial score (nSPS) is 16.1. The van der Waals surface area contributed by atoms with E-state index >= 15 is 0 Å². The van der Waals surface area contributed by atoms with Crippen LogP contribution in [0.5, 0.6) is 0 Å². The average molecular weight is 258 g/mol. The molecule has 4 nitrogen and oxygen atoms in total. The summed E-state index contributed by atoms with van der Waals surface area (Å²) in [4.78, 5) is 14.7. The number of nitriles is 1. The molecule has 0 radical (unpaired) electrons. The maximum absolute atomic E-state index is 10.8. The van der Waals surface area contributed by atoms with E-state index in [-0.39, 0.29) is 0 Å². The molecule has 0 aliphatic carbocycles. The number of carbonyl (C=O) groups is 1. The van der Waals surface area contributed by atoms with E-state index in [9.17, 15) is 4.79 Å². The summed E-state index contributed by atoms with van der Waals surface area (Å²) < 4.78 is 0. The predicted molar refractivity (Wildman–Crippen MR) is 74.6 cm³/mol. The number of aryl methyl sites for hydroxylation is 1. The fourth-order valence-electron chi connectivity index (χ4n) is 2.55. The topological polar surface area (TPSA) is 48.5 Å². The van der Waals surface area contributed by atoms with Crippen molar-refractivity contribution in [2.45, 2.75) is 13.3 Å². The highest BCUT2D eigenvalue weighted by Gasteiger charge is 2.19. The zero-order valence-electron chi connectivity index (χ0n) is 11.4. The SMILES string of the molecule is Cc1cc(N2CC[NH+](CCC#N)CC2)ccc1C=O. The lowest BCUT2D eigenvalue weighted by Gasteiger charge is -2.33. The second-order valence-corrected chi connectivity index (χ2v) is 5.05. The molecule has 1 saturated heterocycles. The van der Waals surface area contributed by atoms with Gasteiger partial charge in [0.05, 0.1) is 45.2 Å². The van der Waals surface area contributed by atoms with E-state index in [0.717, 1.165) is 50.1 Å². The van der Waals surface area contributed by atoms with Gasteiger partial charge in [0.2, 0.25) is 0 Å². The van der Waals surface area contributed by atoms with Crippen LogP contribution in [0.4, 0.5) is 5.69 Å². The van der Waals surface area contributed by atoms with Crippen molar-refractivity contribution in [2.75, 3.05) is 37.6 Å². The van der Waals surface area contributed by atoms with Gasteiger partial charge in [-0.25, -0.2) is 0 Å². The van der Waals surface area contributed by atoms with Crippen LogP contribution >= 0.6 is 0 Å². The number of nitrogens with one attached hydrogen (secondary N) is 1. The quantitative estimate of drug-likeness (QED) is 0.797. The summed E-state index contributed by atoms with van der Waals surface area (Å²) in [5, 5.41) is 8.60. The molecule has 19 heavy (non-hydrogen) atoms. The molecule has 0 aromatic heterocycles. The molecular formula is C15H20N3O+. The monoisotopic (exact) mass is 258 g/mol. The van der Waals surface area contributed by atoms with Crippen LogP contribution < -0.4 is 9.80 Å². The van der Waals surface area contributed by atoms with Gasteiger partial charge in [0, 0.05) is 11.3 Å². The summed E-state index contributed by atoms with van der Waals surface area (Å²) in [5.74, 6) is 0. The Bertz CT molecular complexity index is 485. The van der Waals surface area contributed by atoms with Gasteiger partial charge >= 0.3 is 0 Å². The highest BCUT2D eigenvalue weighted by atomic mass is 16.1. The molecule has 0 unspecified atom stereocenters. The first-order chi connectivity index (χ1) is 9.24. The van der Waals surface area contributed by atoms with Crippen molar-refractivity contribution in [3.05, 3.63) is 29.3 Å². The lowest BCUT2D eigenvalue weighted by molar-refractivity contribution is -0.900. The third kappa shape index (κ3) is 3.33. The summed E-state index contributed by atoms with van der Waals surface area (Å²) in [5.41, 5.74) is 3.00. The van der Waals surface area contributed by atoms with E-state index in [4.69, 9.17) is 5.26 Å². The molecule has 2 rings (SSSR count). The Morgan fingerprint density at radius 3 is 2.74 bits per heavy atom. The second-order valence-electron chi connectivity index (χ2n) is 5.05. The second kappa shape index (κ2) is 6.35. The number of hydrogen-bond acceptors (Lipinski definition) is 3. The van der Waals surface area contributed by atoms with Crippen LogP contribution in [-0.4, -0.2) is 39.0 Å². The average Bonchev–Trinajstić information content (AvgIpc) is 2.45. The molecule has 1 aliphatic heterocycles. The van der Waals surface area contributed by atoms with Crippen LogP contribution in [0, 0.1) is 18.3 Å². The van der Waals surface area contributed by atoms with Crippen molar-refractivity contribution in [3.8, 4) is 6.07 Å². The van der Waals surface area contributed by atoms with Crippen molar-refractivity contribution < 1.29 is 9.69 Å². The predicted octanol–water partition coefficient (Wildman–Crippen LogP) is 0.426. The number of hydrogen-bond donors (Lipinski definition) is 1. The van der Waals surface area contributed by atoms with E-state index in [1.165, 1.54) is 10.6 Å². The molecule has 1 fully saturated rings. The Balaban J connectivity index is 1.96. The van der Waals surface area contributed by atoms with Gasteiger partial charge in [0.1, 0.15) is 6.29 Å². The van der Waals surface area contributed by atoms with Crippen LogP contribution in [0.15, 0.2) is 18.2 Å². The van der Waals surface area contributed by atoms with Crippen molar-refractivity contribution in [3.63, 3.8) is 0 Å². The Labute approximate surface area is 114 Å². The zero-order valence-corrected chi connectivity index (χ0v) is 11.4. The lowest BCUT2D eigenvalue weighted by atomic mass is 10.1. The fourth-order valence-corrected chi connectivity index (χ4v) is 2.55. The standard InChI is InChI=1S/C15H19N3O/c1-13-11-15(4-3-14(13)12-19)18-9-7-17(8-10-18)6-2-5-16/h3-4,11-12H,2,6-10H2,1H3/p+1. The Kier molecular flexibility index (Phi) is 4.53. The minimum atomic E-state index is 0.641. The molecule has 0 atom stereocenters. The third-order valence-corrected chi connectivity index (χ3v) is 3.81. The van der Waals surface area contributed by atoms with Gasteiger partial charge in [-0.3, -0.25) is 4.79 Å². The molecule has 0 saturated carbocycles. The van der Waals surface area contributed by atoms with Gasteiger partial charge < -0.3 is 9.80 Å². The molecule has 1 heterocycles. The van der Waals surface area contributed by atoms with Crippen LogP contribution in [-0.2, 0) is 0 Å². The molecule has 0 bridgehead atoms. The third-order valence-electron chi connectivity index (χ3n) is 3.81. The maximum atomic E-state index is 10.8. The molecule has 1 aromatic rings. The van der Waals surface area contributed by atoms with E-state index in [1.807, 2.05) is 19.1 Å². The first-order valence-corrected chi connectivity index (χ1v) is 6.76. The number of benzene rings is 1. The van der Waals surface area contributed by atoms with Crippen LogP contribution in [0.2, 0.25) is 0 Å². The highest BCUT2D eigenvalue weighted by Crippen LogP contribution is 2.18. The summed E-state index contributed by atoms with van der Waals surface area (Å²) in [6.07, 6.45) is 1.55. The number of carbonyl (C=O) groups excluding carboxylic acids is 1. The van der Waals surface area contributed by atoms with E-state index in [0.29, 0.717) is 6.42 Å². The molecule has 100 valence electrons. The zero-order chi connectivity index (χ0) is 13.7. The molecular weight excluding hydrogens is 238 g/mol. The smallest absolute Gasteiger partial charge is 0.150 e. The van der Waals surface area contributed by atoms with Crippen molar-refractivity contribution >= 4 is 12.0 Å². The van der Waals surface area contributed by atoms with Crippen LogP contribution in [0.25, 0.3) is 0 Å². The number of anilines is 1. The molecule has 1 N–H and O–H groups in total. The van der Waals surface area contributed by atoms with Gasteiger partial charge in [-0.2, -0.15) is 5.26 Å². The Hall–Kier alpha value is -1.86. The van der Waals surface area contributed by atoms with Gasteiger partial charge in [-0.05, 0) is 30.7 Å². The highest BCUT2D eigenvalue weighted by molar-refractivity contribution is 5.78. The summed E-state index contributed by atoms with van der Waals surface area (Å²) in [6.45, 7) is 7.11. The lowest BCUT2D eigenvalue weighted by Crippen LogP contribution is -3.14. The molecule has 0 amide bonds. The fraction of sp³-hybridized carbons (Fsp3) is 0.467. The first-order valence-electron chi connectivity index (χ1n) is 6.76. The number of aldehydes is 1. The minimum absolute atomic E-state index is 0.641. The van der Waals surface area contributed by atoms with Gasteiger partial charge in [-0.15, -0.1) is 0 Å². The molecule has 0 spiro atoms. The number of nitrogens with zero attached hydrogens (tertiary/aromatic N) is 2. The summed E-state index contributed by atoms with van der Waals surface area (Å²) >= 11 is 0. The van der Waals surface area contributed by atoms with Crippen LogP contribution in [0.3, 0.4) is 0 Å². The minimum Gasteiger partial charge on any atom is -0.360 e. The number of piperazine rings is 1. The molecule has 4 heteroatoms. The van der Waals surface area contributed by atoms with E-state index < -0.39 is 0 Å². The molecule has 1 aromatic carbocycles. The largest absolute Gasteiger partial charge is 0.360 e. The Morgan fingerprint density at radius 2 is 2.16 bits per heavy atom. The number of rotatable bonds is 4. The summed E-state index contributed by atoms with van der Waals surface area (Å²) in [6, 6.07) is 8.22. The van der Waals surface area contributed by atoms with E-state index in [2.05, 4.69) is 17.0 Å². The van der Waals surface area contributed by atoms with E-state index in [1.54, 1.807) is 0 Å². The molecule has 1 aliphatic rings. The van der Waals surface area contributed by atoms with Crippen molar-refractivity contribution in [1.29, 1.82) is 5.26 Å². The summed E-state index contributed by atoms with van der Waals surface area (Å²) in [7, 11) is 0. The number of quaternary nitrogens is 1.